The Balaban J connectivity index is 2.02. The molecule has 0 heterocycles. The summed E-state index contributed by atoms with van der Waals surface area (Å²) in [5, 5.41) is 12.2. The first-order valence-electron chi connectivity index (χ1n) is 8.35. The number of nitrogens with one attached hydrogen (secondary N) is 1. The zero-order chi connectivity index (χ0) is 18.2. The lowest BCUT2D eigenvalue weighted by molar-refractivity contribution is -0.117. The second-order valence-electron chi connectivity index (χ2n) is 6.09. The summed E-state index contributed by atoms with van der Waals surface area (Å²) < 4.78 is 5.36. The van der Waals surface area contributed by atoms with Gasteiger partial charge in [0, 0.05) is 24.3 Å². The van der Waals surface area contributed by atoms with Crippen molar-refractivity contribution in [2.45, 2.75) is 20.4 Å². The summed E-state index contributed by atoms with van der Waals surface area (Å²) in [4.78, 5) is 14.3. The lowest BCUT2D eigenvalue weighted by Crippen LogP contribution is -2.35. The van der Waals surface area contributed by atoms with Crippen molar-refractivity contribution in [2.75, 3.05) is 32.1 Å². The van der Waals surface area contributed by atoms with Gasteiger partial charge >= 0.3 is 0 Å². The third-order valence-corrected chi connectivity index (χ3v) is 4.16. The molecule has 0 saturated heterocycles. The molecule has 5 nitrogen and oxygen atoms in total. The number of para-hydroxylation sites is 1. The Morgan fingerprint density at radius 1 is 1.16 bits per heavy atom. The van der Waals surface area contributed by atoms with E-state index in [0.717, 1.165) is 22.6 Å². The van der Waals surface area contributed by atoms with E-state index in [2.05, 4.69) is 5.32 Å². The lowest BCUT2D eigenvalue weighted by Gasteiger charge is -2.22. The third-order valence-electron chi connectivity index (χ3n) is 4.16. The van der Waals surface area contributed by atoms with Gasteiger partial charge in [0.05, 0.1) is 20.3 Å². The average Bonchev–Trinajstić information content (AvgIpc) is 2.59. The number of aryl methyl sites for hydroxylation is 2. The number of anilines is 1. The maximum absolute atomic E-state index is 12.4. The number of carbonyl (C=O) groups is 1. The molecule has 0 aliphatic heterocycles. The van der Waals surface area contributed by atoms with E-state index < -0.39 is 0 Å². The van der Waals surface area contributed by atoms with Crippen molar-refractivity contribution in [1.29, 1.82) is 0 Å². The van der Waals surface area contributed by atoms with E-state index in [1.165, 1.54) is 5.56 Å². The topological polar surface area (TPSA) is 61.8 Å². The van der Waals surface area contributed by atoms with Crippen LogP contribution >= 0.6 is 0 Å². The Labute approximate surface area is 149 Å². The van der Waals surface area contributed by atoms with Crippen molar-refractivity contribution >= 4 is 11.6 Å². The van der Waals surface area contributed by atoms with Gasteiger partial charge in [0.2, 0.25) is 5.91 Å². The highest BCUT2D eigenvalue weighted by atomic mass is 16.5. The molecule has 2 N–H and O–H groups in total. The summed E-state index contributed by atoms with van der Waals surface area (Å²) in [5.74, 6) is 0.673. The molecule has 0 atom stereocenters. The normalized spacial score (nSPS) is 10.8. The number of carbonyl (C=O) groups excluding carboxylic acids is 1. The summed E-state index contributed by atoms with van der Waals surface area (Å²) in [7, 11) is 1.63. The van der Waals surface area contributed by atoms with Crippen molar-refractivity contribution in [3.63, 3.8) is 0 Å². The highest BCUT2D eigenvalue weighted by molar-refractivity contribution is 5.92. The van der Waals surface area contributed by atoms with Gasteiger partial charge in [-0.2, -0.15) is 0 Å². The van der Waals surface area contributed by atoms with Crippen LogP contribution < -0.4 is 10.1 Å². The van der Waals surface area contributed by atoms with Gasteiger partial charge in [-0.1, -0.05) is 24.3 Å². The van der Waals surface area contributed by atoms with Gasteiger partial charge in [0.1, 0.15) is 5.75 Å². The summed E-state index contributed by atoms with van der Waals surface area (Å²) in [5.41, 5.74) is 4.10. The van der Waals surface area contributed by atoms with Gasteiger partial charge in [0.15, 0.2) is 0 Å². The van der Waals surface area contributed by atoms with Gasteiger partial charge in [-0.05, 0) is 43.2 Å². The zero-order valence-electron chi connectivity index (χ0n) is 15.1. The number of ether oxygens (including phenoxy) is 1. The molecule has 0 radical (unpaired) electrons. The number of aliphatic hydroxyl groups excluding tert-OH is 1. The van der Waals surface area contributed by atoms with Gasteiger partial charge < -0.3 is 15.2 Å². The molecule has 0 aliphatic carbocycles. The third kappa shape index (κ3) is 5.59. The second-order valence-corrected chi connectivity index (χ2v) is 6.09. The van der Waals surface area contributed by atoms with Crippen molar-refractivity contribution < 1.29 is 14.6 Å². The standard InChI is InChI=1S/C20H26N2O3/c1-15-8-9-18(12-16(15)2)21-20(24)14-22(10-11-23)13-17-6-4-5-7-19(17)25-3/h4-9,12,23H,10-11,13-14H2,1-3H3,(H,21,24). The smallest absolute Gasteiger partial charge is 0.238 e. The van der Waals surface area contributed by atoms with Gasteiger partial charge in [-0.25, -0.2) is 0 Å². The van der Waals surface area contributed by atoms with Crippen LogP contribution in [0.3, 0.4) is 0 Å². The molecule has 0 spiro atoms. The molecular formula is C20H26N2O3. The molecule has 0 saturated carbocycles. The number of hydrogen-bond acceptors (Lipinski definition) is 4. The molecule has 0 unspecified atom stereocenters. The number of nitrogens with zero attached hydrogens (tertiary/aromatic N) is 1. The summed E-state index contributed by atoms with van der Waals surface area (Å²) in [6, 6.07) is 13.5. The number of benzene rings is 2. The molecule has 0 aliphatic rings. The van der Waals surface area contributed by atoms with Gasteiger partial charge in [-0.3, -0.25) is 9.69 Å². The second kappa shape index (κ2) is 9.20. The number of hydrogen-bond donors (Lipinski definition) is 2. The Kier molecular flexibility index (Phi) is 6.98. The quantitative estimate of drug-likeness (QED) is 0.774. The minimum atomic E-state index is -0.105. The van der Waals surface area contributed by atoms with Crippen LogP contribution in [0.15, 0.2) is 42.5 Å². The summed E-state index contributed by atoms with van der Waals surface area (Å²) >= 11 is 0. The average molecular weight is 342 g/mol. The van der Waals surface area contributed by atoms with E-state index in [9.17, 15) is 9.90 Å². The van der Waals surface area contributed by atoms with Gasteiger partial charge in [0.25, 0.3) is 0 Å². The molecule has 0 fully saturated rings. The molecule has 2 aromatic rings. The minimum absolute atomic E-state index is 0.00787. The maximum atomic E-state index is 12.4. The monoisotopic (exact) mass is 342 g/mol. The van der Waals surface area contributed by atoms with Crippen molar-refractivity contribution in [3.05, 3.63) is 59.2 Å². The molecular weight excluding hydrogens is 316 g/mol. The van der Waals surface area contributed by atoms with E-state index in [1.807, 2.05) is 61.2 Å². The Morgan fingerprint density at radius 2 is 1.92 bits per heavy atom. The van der Waals surface area contributed by atoms with E-state index >= 15 is 0 Å². The number of aliphatic hydroxyl groups is 1. The molecule has 2 rings (SSSR count). The first-order valence-corrected chi connectivity index (χ1v) is 8.35. The van der Waals surface area contributed by atoms with Crippen LogP contribution in [0.1, 0.15) is 16.7 Å². The molecule has 5 heteroatoms. The first-order chi connectivity index (χ1) is 12.0. The molecule has 2 aromatic carbocycles. The van der Waals surface area contributed by atoms with E-state index in [4.69, 9.17) is 4.74 Å². The summed E-state index contributed by atoms with van der Waals surface area (Å²) in [6.45, 7) is 5.20. The van der Waals surface area contributed by atoms with E-state index in [1.54, 1.807) is 7.11 Å². The first kappa shape index (κ1) is 19.0. The lowest BCUT2D eigenvalue weighted by atomic mass is 10.1. The Morgan fingerprint density at radius 3 is 2.60 bits per heavy atom. The van der Waals surface area contributed by atoms with Crippen LogP contribution in [0, 0.1) is 13.8 Å². The predicted octanol–water partition coefficient (Wildman–Crippen LogP) is 2.75. The maximum Gasteiger partial charge on any atom is 0.238 e. The molecule has 0 aromatic heterocycles. The Hall–Kier alpha value is -2.37. The van der Waals surface area contributed by atoms with Crippen LogP contribution in [-0.2, 0) is 11.3 Å². The zero-order valence-corrected chi connectivity index (χ0v) is 15.1. The Bertz CT molecular complexity index is 716. The van der Waals surface area contributed by atoms with Crippen LogP contribution in [-0.4, -0.2) is 42.7 Å². The fourth-order valence-electron chi connectivity index (χ4n) is 2.65. The molecule has 1 amide bonds. The van der Waals surface area contributed by atoms with Crippen molar-refractivity contribution in [3.8, 4) is 5.75 Å². The van der Waals surface area contributed by atoms with E-state index in [-0.39, 0.29) is 19.1 Å². The van der Waals surface area contributed by atoms with Crippen LogP contribution in [0.2, 0.25) is 0 Å². The fourth-order valence-corrected chi connectivity index (χ4v) is 2.65. The SMILES string of the molecule is COc1ccccc1CN(CCO)CC(=O)Nc1ccc(C)c(C)c1. The van der Waals surface area contributed by atoms with Crippen LogP contribution in [0.5, 0.6) is 5.75 Å². The predicted molar refractivity (Wildman–Crippen MR) is 99.9 cm³/mol. The largest absolute Gasteiger partial charge is 0.496 e. The molecule has 0 bridgehead atoms. The minimum Gasteiger partial charge on any atom is -0.496 e. The highest BCUT2D eigenvalue weighted by Gasteiger charge is 2.13. The molecule has 25 heavy (non-hydrogen) atoms. The van der Waals surface area contributed by atoms with Gasteiger partial charge in [-0.15, -0.1) is 0 Å². The number of rotatable bonds is 8. The fraction of sp³-hybridized carbons (Fsp3) is 0.350. The summed E-state index contributed by atoms with van der Waals surface area (Å²) in [6.07, 6.45) is 0. The van der Waals surface area contributed by atoms with Crippen molar-refractivity contribution in [2.24, 2.45) is 0 Å². The number of amides is 1. The van der Waals surface area contributed by atoms with Crippen molar-refractivity contribution in [1.82, 2.24) is 4.90 Å². The van der Waals surface area contributed by atoms with Crippen LogP contribution in [0.25, 0.3) is 0 Å². The van der Waals surface area contributed by atoms with E-state index in [0.29, 0.717) is 13.1 Å². The molecule has 134 valence electrons. The number of methoxy groups -OCH3 is 1. The van der Waals surface area contributed by atoms with Crippen LogP contribution in [0.4, 0.5) is 5.69 Å². The highest BCUT2D eigenvalue weighted by Crippen LogP contribution is 2.19.